The summed E-state index contributed by atoms with van der Waals surface area (Å²) < 4.78 is 31.7. The molecule has 1 aromatic carbocycles. The summed E-state index contributed by atoms with van der Waals surface area (Å²) in [7, 11) is 1.63. The number of hydrogen-bond acceptors (Lipinski definition) is 7. The largest absolute Gasteiger partial charge is 0.343 e. The summed E-state index contributed by atoms with van der Waals surface area (Å²) in [6.07, 6.45) is 0.913. The van der Waals surface area contributed by atoms with Gasteiger partial charge in [0.25, 0.3) is 0 Å². The SMILES string of the molecule is CN[C@@H](C)C(=O)N[C@H](C(=O)N1CCC[C@H]1C(=O)Cc1snnc1-c1ccccc1)C1CCC(F)(F)CC1. The Kier molecular flexibility index (Phi) is 8.63. The third-order valence-electron chi connectivity index (χ3n) is 7.47. The van der Waals surface area contributed by atoms with Gasteiger partial charge < -0.3 is 15.5 Å². The van der Waals surface area contributed by atoms with Crippen molar-refractivity contribution in [3.05, 3.63) is 35.2 Å². The quantitative estimate of drug-likeness (QED) is 0.513. The van der Waals surface area contributed by atoms with Gasteiger partial charge in [-0.05, 0) is 57.1 Å². The molecule has 11 heteroatoms. The monoisotopic (exact) mass is 533 g/mol. The van der Waals surface area contributed by atoms with Gasteiger partial charge in [-0.2, -0.15) is 0 Å². The van der Waals surface area contributed by atoms with Gasteiger partial charge in [0.15, 0.2) is 5.78 Å². The predicted molar refractivity (Wildman–Crippen MR) is 136 cm³/mol. The van der Waals surface area contributed by atoms with Crippen LogP contribution in [0.15, 0.2) is 30.3 Å². The Morgan fingerprint density at radius 2 is 1.86 bits per heavy atom. The molecule has 0 spiro atoms. The number of benzene rings is 1. The molecule has 0 bridgehead atoms. The number of ketones is 1. The van der Waals surface area contributed by atoms with E-state index in [1.807, 2.05) is 30.3 Å². The molecule has 2 aliphatic rings. The summed E-state index contributed by atoms with van der Waals surface area (Å²) in [6.45, 7) is 2.06. The number of halogens is 2. The Bertz CT molecular complexity index is 1100. The molecule has 2 fully saturated rings. The molecule has 2 amide bonds. The van der Waals surface area contributed by atoms with Gasteiger partial charge in [0.1, 0.15) is 11.7 Å². The zero-order valence-electron chi connectivity index (χ0n) is 21.1. The molecule has 2 heterocycles. The van der Waals surface area contributed by atoms with Crippen LogP contribution in [0.5, 0.6) is 0 Å². The van der Waals surface area contributed by atoms with E-state index in [9.17, 15) is 23.2 Å². The average Bonchev–Trinajstić information content (AvgIpc) is 3.57. The van der Waals surface area contributed by atoms with Gasteiger partial charge in [0, 0.05) is 31.4 Å². The van der Waals surface area contributed by atoms with E-state index < -0.39 is 30.0 Å². The number of nitrogens with zero attached hydrogens (tertiary/aromatic N) is 3. The molecule has 4 rings (SSSR count). The molecule has 2 aromatic rings. The van der Waals surface area contributed by atoms with E-state index in [0.29, 0.717) is 25.1 Å². The normalized spacial score (nSPS) is 21.4. The molecular formula is C26H33F2N5O3S. The molecule has 1 aliphatic heterocycles. The summed E-state index contributed by atoms with van der Waals surface area (Å²) in [4.78, 5) is 42.2. The fraction of sp³-hybridized carbons (Fsp3) is 0.577. The number of carbonyl (C=O) groups excluding carboxylic acids is 3. The number of carbonyl (C=O) groups is 3. The van der Waals surface area contributed by atoms with Gasteiger partial charge in [-0.25, -0.2) is 8.78 Å². The number of rotatable bonds is 9. The fourth-order valence-corrected chi connectivity index (χ4v) is 5.82. The maximum absolute atomic E-state index is 13.8. The van der Waals surface area contributed by atoms with Crippen molar-refractivity contribution in [1.82, 2.24) is 25.1 Å². The summed E-state index contributed by atoms with van der Waals surface area (Å²) in [5.41, 5.74) is 1.53. The third kappa shape index (κ3) is 6.38. The molecule has 2 N–H and O–H groups in total. The lowest BCUT2D eigenvalue weighted by molar-refractivity contribution is -0.143. The van der Waals surface area contributed by atoms with Crippen LogP contribution in [0.3, 0.4) is 0 Å². The van der Waals surface area contributed by atoms with Crippen LogP contribution >= 0.6 is 11.5 Å². The van der Waals surface area contributed by atoms with Crippen molar-refractivity contribution in [1.29, 1.82) is 0 Å². The van der Waals surface area contributed by atoms with Crippen LogP contribution in [0.4, 0.5) is 8.78 Å². The van der Waals surface area contributed by atoms with Crippen molar-refractivity contribution in [2.24, 2.45) is 5.92 Å². The van der Waals surface area contributed by atoms with E-state index in [1.165, 1.54) is 0 Å². The predicted octanol–water partition coefficient (Wildman–Crippen LogP) is 3.23. The summed E-state index contributed by atoms with van der Waals surface area (Å²) in [5.74, 6) is -4.01. The average molecular weight is 534 g/mol. The highest BCUT2D eigenvalue weighted by Gasteiger charge is 2.44. The zero-order chi connectivity index (χ0) is 26.6. The first-order valence-corrected chi connectivity index (χ1v) is 13.5. The van der Waals surface area contributed by atoms with Crippen molar-refractivity contribution >= 4 is 29.1 Å². The van der Waals surface area contributed by atoms with Crippen LogP contribution in [0.2, 0.25) is 0 Å². The van der Waals surface area contributed by atoms with Crippen LogP contribution in [0.25, 0.3) is 11.3 Å². The molecule has 200 valence electrons. The number of Topliss-reactive ketones (excluding diaryl/α,β-unsaturated/α-hetero) is 1. The topological polar surface area (TPSA) is 104 Å². The van der Waals surface area contributed by atoms with Gasteiger partial charge in [-0.15, -0.1) is 5.10 Å². The van der Waals surface area contributed by atoms with Gasteiger partial charge in [-0.1, -0.05) is 34.8 Å². The number of nitrogens with one attached hydrogen (secondary N) is 2. The Labute approximate surface area is 219 Å². The lowest BCUT2D eigenvalue weighted by Gasteiger charge is -2.36. The highest BCUT2D eigenvalue weighted by Crippen LogP contribution is 2.38. The highest BCUT2D eigenvalue weighted by atomic mass is 32.1. The maximum Gasteiger partial charge on any atom is 0.248 e. The van der Waals surface area contributed by atoms with E-state index in [0.717, 1.165) is 22.0 Å². The van der Waals surface area contributed by atoms with E-state index in [1.54, 1.807) is 18.9 Å². The Morgan fingerprint density at radius 1 is 1.16 bits per heavy atom. The van der Waals surface area contributed by atoms with Crippen LogP contribution in [0.1, 0.15) is 50.3 Å². The van der Waals surface area contributed by atoms with Gasteiger partial charge in [-0.3, -0.25) is 14.4 Å². The van der Waals surface area contributed by atoms with Gasteiger partial charge >= 0.3 is 0 Å². The minimum Gasteiger partial charge on any atom is -0.343 e. The zero-order valence-corrected chi connectivity index (χ0v) is 21.9. The number of aromatic nitrogens is 2. The fourth-order valence-electron chi connectivity index (χ4n) is 5.15. The Morgan fingerprint density at radius 3 is 2.54 bits per heavy atom. The maximum atomic E-state index is 13.8. The molecule has 0 radical (unpaired) electrons. The van der Waals surface area contributed by atoms with Crippen molar-refractivity contribution in [2.45, 2.75) is 75.9 Å². The number of likely N-dealkylation sites (tertiary alicyclic amines) is 1. The summed E-state index contributed by atoms with van der Waals surface area (Å²) in [6, 6.07) is 7.36. The summed E-state index contributed by atoms with van der Waals surface area (Å²) in [5, 5.41) is 9.85. The third-order valence-corrected chi connectivity index (χ3v) is 8.19. The van der Waals surface area contributed by atoms with Gasteiger partial charge in [0.05, 0.1) is 17.0 Å². The van der Waals surface area contributed by atoms with Crippen LogP contribution in [0, 0.1) is 5.92 Å². The minimum absolute atomic E-state index is 0.0970. The van der Waals surface area contributed by atoms with Crippen molar-refractivity contribution in [3.63, 3.8) is 0 Å². The number of amides is 2. The summed E-state index contributed by atoms with van der Waals surface area (Å²) >= 11 is 1.16. The second kappa shape index (κ2) is 11.7. The molecule has 8 nitrogen and oxygen atoms in total. The Balaban J connectivity index is 1.51. The number of alkyl halides is 2. The molecule has 1 aliphatic carbocycles. The van der Waals surface area contributed by atoms with E-state index in [2.05, 4.69) is 20.2 Å². The molecule has 1 aromatic heterocycles. The van der Waals surface area contributed by atoms with E-state index in [4.69, 9.17) is 0 Å². The molecule has 1 saturated carbocycles. The van der Waals surface area contributed by atoms with Crippen LogP contribution in [-0.4, -0.2) is 69.7 Å². The second-order valence-corrected chi connectivity index (χ2v) is 10.8. The van der Waals surface area contributed by atoms with Crippen molar-refractivity contribution < 1.29 is 23.2 Å². The lowest BCUT2D eigenvalue weighted by Crippen LogP contribution is -2.57. The standard InChI is InChI=1S/C26H33F2N5O3S/c1-16(29-2)24(35)30-23(18-10-12-26(27,28)13-11-18)25(36)33-14-6-9-19(33)20(34)15-21-22(31-32-37-21)17-7-4-3-5-8-17/h3-5,7-8,16,18-19,23,29H,6,9-15H2,1-2H3,(H,30,35)/t16-,19-,23-/m0/s1. The second-order valence-electron chi connectivity index (χ2n) is 9.93. The number of likely N-dealkylation sites (N-methyl/N-ethyl adjacent to an activating group) is 1. The van der Waals surface area contributed by atoms with E-state index in [-0.39, 0.29) is 49.7 Å². The molecule has 1 saturated heterocycles. The van der Waals surface area contributed by atoms with Gasteiger partial charge in [0.2, 0.25) is 17.7 Å². The first kappa shape index (κ1) is 27.3. The highest BCUT2D eigenvalue weighted by molar-refractivity contribution is 7.06. The Hall–Kier alpha value is -2.79. The number of hydrogen-bond donors (Lipinski definition) is 2. The lowest BCUT2D eigenvalue weighted by atomic mass is 9.81. The van der Waals surface area contributed by atoms with Crippen molar-refractivity contribution in [3.8, 4) is 11.3 Å². The van der Waals surface area contributed by atoms with Crippen LogP contribution in [-0.2, 0) is 20.8 Å². The molecule has 0 unspecified atom stereocenters. The van der Waals surface area contributed by atoms with E-state index >= 15 is 0 Å². The molecule has 37 heavy (non-hydrogen) atoms. The minimum atomic E-state index is -2.75. The first-order valence-electron chi connectivity index (χ1n) is 12.8. The van der Waals surface area contributed by atoms with Crippen LogP contribution < -0.4 is 10.6 Å². The smallest absolute Gasteiger partial charge is 0.248 e. The van der Waals surface area contributed by atoms with Crippen molar-refractivity contribution in [2.75, 3.05) is 13.6 Å². The molecular weight excluding hydrogens is 500 g/mol. The molecule has 3 atom stereocenters. The first-order chi connectivity index (χ1) is 17.7.